The van der Waals surface area contributed by atoms with Gasteiger partial charge in [-0.25, -0.2) is 0 Å². The maximum atomic E-state index is 12.4. The van der Waals surface area contributed by atoms with E-state index in [1.54, 1.807) is 32.4 Å². The third kappa shape index (κ3) is 4.49. The topological polar surface area (TPSA) is 56.8 Å². The highest BCUT2D eigenvalue weighted by Crippen LogP contribution is 2.28. The normalized spacial score (nSPS) is 10.3. The molecule has 0 heterocycles. The highest BCUT2D eigenvalue weighted by Gasteiger charge is 2.11. The average Bonchev–Trinajstić information content (AvgIpc) is 2.61. The van der Waals surface area contributed by atoms with E-state index in [-0.39, 0.29) is 5.91 Å². The molecular formula is C19H23NO4. The van der Waals surface area contributed by atoms with Crippen molar-refractivity contribution in [1.82, 2.24) is 5.32 Å². The molecule has 2 rings (SSSR count). The molecule has 0 aromatic heterocycles. The van der Waals surface area contributed by atoms with Gasteiger partial charge in [-0.1, -0.05) is 24.3 Å². The number of hydrogen-bond acceptors (Lipinski definition) is 4. The number of rotatable bonds is 8. The van der Waals surface area contributed by atoms with Gasteiger partial charge in [0, 0.05) is 19.2 Å². The fraction of sp³-hybridized carbons (Fsp3) is 0.316. The maximum Gasteiger partial charge on any atom is 0.251 e. The molecule has 24 heavy (non-hydrogen) atoms. The second-order valence-corrected chi connectivity index (χ2v) is 5.18. The lowest BCUT2D eigenvalue weighted by atomic mass is 10.1. The van der Waals surface area contributed by atoms with Crippen molar-refractivity contribution in [3.8, 4) is 11.5 Å². The Labute approximate surface area is 142 Å². The van der Waals surface area contributed by atoms with Crippen LogP contribution in [0.4, 0.5) is 0 Å². The summed E-state index contributed by atoms with van der Waals surface area (Å²) in [6.07, 6.45) is 0. The lowest BCUT2D eigenvalue weighted by Crippen LogP contribution is -2.23. The molecule has 2 aromatic carbocycles. The van der Waals surface area contributed by atoms with Crippen LogP contribution in [-0.4, -0.2) is 26.7 Å². The van der Waals surface area contributed by atoms with Crippen molar-refractivity contribution in [2.45, 2.75) is 20.1 Å². The van der Waals surface area contributed by atoms with Crippen LogP contribution in [0.3, 0.4) is 0 Å². The van der Waals surface area contributed by atoms with Crippen molar-refractivity contribution in [3.05, 3.63) is 59.2 Å². The molecule has 0 atom stereocenters. The van der Waals surface area contributed by atoms with E-state index in [0.29, 0.717) is 36.8 Å². The smallest absolute Gasteiger partial charge is 0.251 e. The predicted molar refractivity (Wildman–Crippen MR) is 92.5 cm³/mol. The SMILES string of the molecule is CCOc1ccc(C(=O)NCc2ccccc2COC)cc1OC. The van der Waals surface area contributed by atoms with Crippen molar-refractivity contribution in [3.63, 3.8) is 0 Å². The molecule has 5 nitrogen and oxygen atoms in total. The minimum atomic E-state index is -0.163. The van der Waals surface area contributed by atoms with Crippen LogP contribution in [0.15, 0.2) is 42.5 Å². The predicted octanol–water partition coefficient (Wildman–Crippen LogP) is 3.17. The fourth-order valence-electron chi connectivity index (χ4n) is 2.39. The summed E-state index contributed by atoms with van der Waals surface area (Å²) in [6, 6.07) is 13.0. The molecule has 0 fully saturated rings. The van der Waals surface area contributed by atoms with Crippen molar-refractivity contribution in [1.29, 1.82) is 0 Å². The zero-order valence-electron chi connectivity index (χ0n) is 14.3. The van der Waals surface area contributed by atoms with E-state index in [1.807, 2.05) is 31.2 Å². The number of nitrogens with one attached hydrogen (secondary N) is 1. The van der Waals surface area contributed by atoms with Gasteiger partial charge in [0.2, 0.25) is 0 Å². The van der Waals surface area contributed by atoms with E-state index < -0.39 is 0 Å². The molecule has 2 aromatic rings. The van der Waals surface area contributed by atoms with Gasteiger partial charge in [-0.15, -0.1) is 0 Å². The average molecular weight is 329 g/mol. The zero-order valence-corrected chi connectivity index (χ0v) is 14.3. The Morgan fingerprint density at radius 3 is 2.46 bits per heavy atom. The summed E-state index contributed by atoms with van der Waals surface area (Å²) >= 11 is 0. The Balaban J connectivity index is 2.07. The van der Waals surface area contributed by atoms with E-state index in [4.69, 9.17) is 14.2 Å². The molecule has 0 aliphatic carbocycles. The number of amides is 1. The molecule has 5 heteroatoms. The van der Waals surface area contributed by atoms with Crippen molar-refractivity contribution < 1.29 is 19.0 Å². The van der Waals surface area contributed by atoms with Gasteiger partial charge in [-0.05, 0) is 36.2 Å². The molecule has 0 aliphatic rings. The first kappa shape index (κ1) is 17.8. The van der Waals surface area contributed by atoms with E-state index in [0.717, 1.165) is 11.1 Å². The standard InChI is InChI=1S/C19H23NO4/c1-4-24-17-10-9-14(11-18(17)23-3)19(21)20-12-15-7-5-6-8-16(15)13-22-2/h5-11H,4,12-13H2,1-3H3,(H,20,21). The molecule has 0 saturated heterocycles. The van der Waals surface area contributed by atoms with Crippen molar-refractivity contribution >= 4 is 5.91 Å². The fourth-order valence-corrected chi connectivity index (χ4v) is 2.39. The molecule has 0 aliphatic heterocycles. The van der Waals surface area contributed by atoms with Crippen LogP contribution in [-0.2, 0) is 17.9 Å². The van der Waals surface area contributed by atoms with Crippen molar-refractivity contribution in [2.24, 2.45) is 0 Å². The van der Waals surface area contributed by atoms with Gasteiger partial charge in [-0.3, -0.25) is 4.79 Å². The van der Waals surface area contributed by atoms with Gasteiger partial charge >= 0.3 is 0 Å². The summed E-state index contributed by atoms with van der Waals surface area (Å²) in [5.41, 5.74) is 2.62. The lowest BCUT2D eigenvalue weighted by Gasteiger charge is -2.12. The van der Waals surface area contributed by atoms with Crippen LogP contribution in [0.25, 0.3) is 0 Å². The molecule has 1 N–H and O–H groups in total. The van der Waals surface area contributed by atoms with Crippen molar-refractivity contribution in [2.75, 3.05) is 20.8 Å². The first-order valence-corrected chi connectivity index (χ1v) is 7.84. The summed E-state index contributed by atoms with van der Waals surface area (Å²) < 4.78 is 15.9. The van der Waals surface area contributed by atoms with Gasteiger partial charge in [0.1, 0.15) is 0 Å². The Morgan fingerprint density at radius 2 is 1.79 bits per heavy atom. The minimum absolute atomic E-state index is 0.163. The van der Waals surface area contributed by atoms with E-state index in [2.05, 4.69) is 5.32 Å². The first-order chi connectivity index (χ1) is 11.7. The van der Waals surface area contributed by atoms with Gasteiger partial charge in [0.15, 0.2) is 11.5 Å². The number of carbonyl (C=O) groups is 1. The summed E-state index contributed by atoms with van der Waals surface area (Å²) in [5.74, 6) is 1.01. The highest BCUT2D eigenvalue weighted by atomic mass is 16.5. The number of ether oxygens (including phenoxy) is 3. The quantitative estimate of drug-likeness (QED) is 0.808. The lowest BCUT2D eigenvalue weighted by molar-refractivity contribution is 0.0950. The van der Waals surface area contributed by atoms with Gasteiger partial charge in [-0.2, -0.15) is 0 Å². The van der Waals surface area contributed by atoms with E-state index in [9.17, 15) is 4.79 Å². The number of benzene rings is 2. The molecular weight excluding hydrogens is 306 g/mol. The Kier molecular flexibility index (Phi) is 6.63. The number of methoxy groups -OCH3 is 2. The van der Waals surface area contributed by atoms with Gasteiger partial charge < -0.3 is 19.5 Å². The third-order valence-corrected chi connectivity index (χ3v) is 3.58. The summed E-state index contributed by atoms with van der Waals surface area (Å²) in [7, 11) is 3.21. The van der Waals surface area contributed by atoms with Crippen LogP contribution in [0, 0.1) is 0 Å². The Hall–Kier alpha value is -2.53. The summed E-state index contributed by atoms with van der Waals surface area (Å²) in [4.78, 5) is 12.4. The van der Waals surface area contributed by atoms with E-state index >= 15 is 0 Å². The molecule has 0 saturated carbocycles. The second-order valence-electron chi connectivity index (χ2n) is 5.18. The first-order valence-electron chi connectivity index (χ1n) is 7.84. The summed E-state index contributed by atoms with van der Waals surface area (Å²) in [6.45, 7) is 3.40. The second kappa shape index (κ2) is 8.93. The van der Waals surface area contributed by atoms with Crippen LogP contribution in [0.5, 0.6) is 11.5 Å². The largest absolute Gasteiger partial charge is 0.493 e. The minimum Gasteiger partial charge on any atom is -0.493 e. The highest BCUT2D eigenvalue weighted by molar-refractivity contribution is 5.94. The van der Waals surface area contributed by atoms with Crippen LogP contribution in [0.2, 0.25) is 0 Å². The third-order valence-electron chi connectivity index (χ3n) is 3.58. The molecule has 0 spiro atoms. The molecule has 128 valence electrons. The molecule has 0 bridgehead atoms. The number of hydrogen-bond donors (Lipinski definition) is 1. The molecule has 0 unspecified atom stereocenters. The maximum absolute atomic E-state index is 12.4. The zero-order chi connectivity index (χ0) is 17.4. The Bertz CT molecular complexity index is 685. The van der Waals surface area contributed by atoms with Gasteiger partial charge in [0.05, 0.1) is 20.3 Å². The van der Waals surface area contributed by atoms with Crippen LogP contribution in [0.1, 0.15) is 28.4 Å². The number of carbonyl (C=O) groups excluding carboxylic acids is 1. The van der Waals surface area contributed by atoms with E-state index in [1.165, 1.54) is 0 Å². The molecule has 1 amide bonds. The van der Waals surface area contributed by atoms with Crippen LogP contribution < -0.4 is 14.8 Å². The summed E-state index contributed by atoms with van der Waals surface area (Å²) in [5, 5.41) is 2.93. The van der Waals surface area contributed by atoms with Crippen LogP contribution >= 0.6 is 0 Å². The molecule has 0 radical (unpaired) electrons. The van der Waals surface area contributed by atoms with Gasteiger partial charge in [0.25, 0.3) is 5.91 Å². The Morgan fingerprint density at radius 1 is 1.04 bits per heavy atom. The monoisotopic (exact) mass is 329 g/mol.